The van der Waals surface area contributed by atoms with Crippen LogP contribution in [0.4, 0.5) is 0 Å². The van der Waals surface area contributed by atoms with Crippen molar-refractivity contribution in [1.82, 2.24) is 0 Å². The maximum atomic E-state index is 6.01. The predicted molar refractivity (Wildman–Crippen MR) is 95.2 cm³/mol. The number of methoxy groups -OCH3 is 3. The van der Waals surface area contributed by atoms with Gasteiger partial charge in [0.1, 0.15) is 17.2 Å². The van der Waals surface area contributed by atoms with Crippen LogP contribution in [-0.4, -0.2) is 27.9 Å². The zero-order valence-corrected chi connectivity index (χ0v) is 14.9. The molecule has 0 radical (unpaired) electrons. The molecule has 2 aromatic carbocycles. The van der Waals surface area contributed by atoms with Gasteiger partial charge in [0.2, 0.25) is 0 Å². The first-order chi connectivity index (χ1) is 11.7. The monoisotopic (exact) mass is 330 g/mol. The molecule has 0 saturated carbocycles. The van der Waals surface area contributed by atoms with Crippen molar-refractivity contribution >= 4 is 0 Å². The highest BCUT2D eigenvalue weighted by Crippen LogP contribution is 2.41. The Kier molecular flexibility index (Phi) is 6.94. The van der Waals surface area contributed by atoms with E-state index in [4.69, 9.17) is 18.9 Å². The molecule has 0 heterocycles. The van der Waals surface area contributed by atoms with Gasteiger partial charge < -0.3 is 18.9 Å². The van der Waals surface area contributed by atoms with Crippen LogP contribution in [0.2, 0.25) is 0 Å². The highest BCUT2D eigenvalue weighted by molar-refractivity contribution is 5.52. The summed E-state index contributed by atoms with van der Waals surface area (Å²) in [5, 5.41) is 0. The molecule has 0 aliphatic carbocycles. The Morgan fingerprint density at radius 1 is 0.875 bits per heavy atom. The Labute approximate surface area is 144 Å². The summed E-state index contributed by atoms with van der Waals surface area (Å²) in [6, 6.07) is 14.1. The van der Waals surface area contributed by atoms with Crippen molar-refractivity contribution in [1.29, 1.82) is 0 Å². The van der Waals surface area contributed by atoms with Crippen LogP contribution in [0.5, 0.6) is 17.2 Å². The number of ether oxygens (including phenoxy) is 4. The van der Waals surface area contributed by atoms with Gasteiger partial charge >= 0.3 is 0 Å². The zero-order chi connectivity index (χ0) is 17.4. The summed E-state index contributed by atoms with van der Waals surface area (Å²) in [5.74, 6) is 2.14. The second-order valence-electron chi connectivity index (χ2n) is 5.41. The molecule has 0 aromatic heterocycles. The van der Waals surface area contributed by atoms with E-state index in [-0.39, 0.29) is 6.10 Å². The topological polar surface area (TPSA) is 36.9 Å². The fraction of sp³-hybridized carbons (Fsp3) is 0.400. The lowest BCUT2D eigenvalue weighted by molar-refractivity contribution is 0.0527. The van der Waals surface area contributed by atoms with Gasteiger partial charge in [0.05, 0.1) is 33.0 Å². The fourth-order valence-electron chi connectivity index (χ4n) is 2.80. The SMILES string of the molecule is CCO[C@@H](CCc1ccccc1)c1c(OC)cc(OC)cc1OC. The lowest BCUT2D eigenvalue weighted by atomic mass is 9.99. The fourth-order valence-corrected chi connectivity index (χ4v) is 2.80. The second kappa shape index (κ2) is 9.18. The van der Waals surface area contributed by atoms with E-state index >= 15 is 0 Å². The molecule has 1 atom stereocenters. The summed E-state index contributed by atoms with van der Waals surface area (Å²) >= 11 is 0. The normalized spacial score (nSPS) is 11.8. The Bertz CT molecular complexity index is 600. The molecule has 24 heavy (non-hydrogen) atoms. The molecule has 2 rings (SSSR count). The molecule has 2 aromatic rings. The van der Waals surface area contributed by atoms with Crippen LogP contribution >= 0.6 is 0 Å². The number of hydrogen-bond donors (Lipinski definition) is 0. The molecule has 0 N–H and O–H groups in total. The van der Waals surface area contributed by atoms with Gasteiger partial charge in [0, 0.05) is 18.7 Å². The van der Waals surface area contributed by atoms with Crippen LogP contribution in [0, 0.1) is 0 Å². The zero-order valence-electron chi connectivity index (χ0n) is 14.9. The van der Waals surface area contributed by atoms with Crippen LogP contribution in [0.3, 0.4) is 0 Å². The number of rotatable bonds is 9. The first-order valence-electron chi connectivity index (χ1n) is 8.18. The third-order valence-electron chi connectivity index (χ3n) is 3.98. The summed E-state index contributed by atoms with van der Waals surface area (Å²) < 4.78 is 22.5. The first-order valence-corrected chi connectivity index (χ1v) is 8.18. The predicted octanol–water partition coefficient (Wildman–Crippen LogP) is 4.42. The van der Waals surface area contributed by atoms with E-state index in [1.807, 2.05) is 25.1 Å². The standard InChI is InChI=1S/C20H26O4/c1-5-24-17(12-11-15-9-7-6-8-10-15)20-18(22-3)13-16(21-2)14-19(20)23-4/h6-10,13-14,17H,5,11-12H2,1-4H3/t17-/m0/s1. The van der Waals surface area contributed by atoms with Gasteiger partial charge in [-0.2, -0.15) is 0 Å². The molecule has 0 spiro atoms. The molecule has 0 bridgehead atoms. The van der Waals surface area contributed by atoms with Gasteiger partial charge in [-0.1, -0.05) is 30.3 Å². The number of aryl methyl sites for hydroxylation is 1. The van der Waals surface area contributed by atoms with Gasteiger partial charge in [-0.15, -0.1) is 0 Å². The summed E-state index contributed by atoms with van der Waals surface area (Å²) in [4.78, 5) is 0. The van der Waals surface area contributed by atoms with E-state index in [9.17, 15) is 0 Å². The van der Waals surface area contributed by atoms with Gasteiger partial charge in [-0.25, -0.2) is 0 Å². The molecular formula is C20H26O4. The second-order valence-corrected chi connectivity index (χ2v) is 5.41. The lowest BCUT2D eigenvalue weighted by Crippen LogP contribution is -2.10. The molecule has 130 valence electrons. The molecule has 0 saturated heterocycles. The van der Waals surface area contributed by atoms with E-state index in [0.717, 1.165) is 29.9 Å². The molecular weight excluding hydrogens is 304 g/mol. The van der Waals surface area contributed by atoms with Crippen LogP contribution in [0.25, 0.3) is 0 Å². The van der Waals surface area contributed by atoms with Crippen molar-refractivity contribution in [2.75, 3.05) is 27.9 Å². The maximum absolute atomic E-state index is 6.01. The summed E-state index contributed by atoms with van der Waals surface area (Å²) in [7, 11) is 4.93. The largest absolute Gasteiger partial charge is 0.496 e. The van der Waals surface area contributed by atoms with Gasteiger partial charge in [-0.05, 0) is 25.3 Å². The van der Waals surface area contributed by atoms with Crippen molar-refractivity contribution in [3.63, 3.8) is 0 Å². The summed E-state index contributed by atoms with van der Waals surface area (Å²) in [6.45, 7) is 2.62. The minimum Gasteiger partial charge on any atom is -0.496 e. The van der Waals surface area contributed by atoms with E-state index in [2.05, 4.69) is 24.3 Å². The highest BCUT2D eigenvalue weighted by atomic mass is 16.5. The molecule has 4 heteroatoms. The van der Waals surface area contributed by atoms with Crippen molar-refractivity contribution in [2.45, 2.75) is 25.9 Å². The molecule has 0 fully saturated rings. The minimum atomic E-state index is -0.106. The van der Waals surface area contributed by atoms with Gasteiger partial charge in [0.15, 0.2) is 0 Å². The van der Waals surface area contributed by atoms with E-state index < -0.39 is 0 Å². The third kappa shape index (κ3) is 4.42. The summed E-state index contributed by atoms with van der Waals surface area (Å²) in [6.07, 6.45) is 1.66. The van der Waals surface area contributed by atoms with Crippen molar-refractivity contribution in [3.8, 4) is 17.2 Å². The number of hydrogen-bond acceptors (Lipinski definition) is 4. The van der Waals surface area contributed by atoms with Gasteiger partial charge in [0.25, 0.3) is 0 Å². The van der Waals surface area contributed by atoms with E-state index in [0.29, 0.717) is 12.4 Å². The maximum Gasteiger partial charge on any atom is 0.132 e. The Hall–Kier alpha value is -2.20. The smallest absolute Gasteiger partial charge is 0.132 e. The van der Waals surface area contributed by atoms with Crippen molar-refractivity contribution < 1.29 is 18.9 Å². The molecule has 0 amide bonds. The third-order valence-corrected chi connectivity index (χ3v) is 3.98. The van der Waals surface area contributed by atoms with Gasteiger partial charge in [-0.3, -0.25) is 0 Å². The first kappa shape index (κ1) is 18.1. The Balaban J connectivity index is 2.31. The van der Waals surface area contributed by atoms with Crippen LogP contribution in [-0.2, 0) is 11.2 Å². The molecule has 4 nitrogen and oxygen atoms in total. The van der Waals surface area contributed by atoms with Crippen LogP contribution in [0.15, 0.2) is 42.5 Å². The van der Waals surface area contributed by atoms with Crippen LogP contribution < -0.4 is 14.2 Å². The lowest BCUT2D eigenvalue weighted by Gasteiger charge is -2.23. The van der Waals surface area contributed by atoms with Crippen LogP contribution in [0.1, 0.15) is 30.6 Å². The van der Waals surface area contributed by atoms with Crippen molar-refractivity contribution in [3.05, 3.63) is 53.6 Å². The number of benzene rings is 2. The Morgan fingerprint density at radius 3 is 2.00 bits per heavy atom. The molecule has 0 aliphatic rings. The minimum absolute atomic E-state index is 0.106. The highest BCUT2D eigenvalue weighted by Gasteiger charge is 2.23. The van der Waals surface area contributed by atoms with Crippen molar-refractivity contribution in [2.24, 2.45) is 0 Å². The average molecular weight is 330 g/mol. The Morgan fingerprint density at radius 2 is 1.50 bits per heavy atom. The van der Waals surface area contributed by atoms with E-state index in [1.165, 1.54) is 5.56 Å². The molecule has 0 unspecified atom stereocenters. The average Bonchev–Trinajstić information content (AvgIpc) is 2.64. The van der Waals surface area contributed by atoms with E-state index in [1.54, 1.807) is 21.3 Å². The summed E-state index contributed by atoms with van der Waals surface area (Å²) in [5.41, 5.74) is 2.22. The molecule has 0 aliphatic heterocycles. The quantitative estimate of drug-likeness (QED) is 0.682.